The SMILES string of the molecule is COc1cccc2c(Nc3cc(C)[nH]n3)nc(N3C[C@@H]4C[C@]4(NC(=O)OC(C)(C)C)C3)nc12. The van der Waals surface area contributed by atoms with Gasteiger partial charge in [-0.3, -0.25) is 5.10 Å². The average Bonchev–Trinajstić information content (AvgIpc) is 3.03. The highest BCUT2D eigenvalue weighted by atomic mass is 16.6. The van der Waals surface area contributed by atoms with E-state index >= 15 is 0 Å². The Labute approximate surface area is 192 Å². The number of anilines is 3. The van der Waals surface area contributed by atoms with Gasteiger partial charge in [0, 0.05) is 36.2 Å². The van der Waals surface area contributed by atoms with Crippen LogP contribution in [0, 0.1) is 12.8 Å². The lowest BCUT2D eigenvalue weighted by Crippen LogP contribution is -2.44. The first kappa shape index (κ1) is 21.3. The number of rotatable bonds is 5. The van der Waals surface area contributed by atoms with Gasteiger partial charge in [0.2, 0.25) is 5.95 Å². The second kappa shape index (κ2) is 7.50. The van der Waals surface area contributed by atoms with Gasteiger partial charge in [-0.1, -0.05) is 6.07 Å². The van der Waals surface area contributed by atoms with Crippen LogP contribution in [0.2, 0.25) is 0 Å². The lowest BCUT2D eigenvalue weighted by atomic mass is 10.2. The number of amides is 1. The molecule has 1 aromatic carbocycles. The van der Waals surface area contributed by atoms with Crippen molar-refractivity contribution in [2.24, 2.45) is 5.92 Å². The molecule has 33 heavy (non-hydrogen) atoms. The van der Waals surface area contributed by atoms with Gasteiger partial charge in [0.15, 0.2) is 5.82 Å². The number of piperidine rings is 1. The maximum atomic E-state index is 12.4. The third-order valence-electron chi connectivity index (χ3n) is 6.03. The number of methoxy groups -OCH3 is 1. The minimum atomic E-state index is -0.535. The largest absolute Gasteiger partial charge is 0.494 e. The van der Waals surface area contributed by atoms with Crippen LogP contribution < -0.4 is 20.3 Å². The summed E-state index contributed by atoms with van der Waals surface area (Å²) in [6.45, 7) is 8.91. The Morgan fingerprint density at radius 1 is 1.30 bits per heavy atom. The number of nitrogens with one attached hydrogen (secondary N) is 3. The molecule has 10 heteroatoms. The number of aryl methyl sites for hydroxylation is 1. The van der Waals surface area contributed by atoms with Gasteiger partial charge in [0.05, 0.1) is 12.6 Å². The van der Waals surface area contributed by atoms with Crippen molar-refractivity contribution in [2.75, 3.05) is 30.4 Å². The van der Waals surface area contributed by atoms with Crippen molar-refractivity contribution in [3.8, 4) is 5.75 Å². The molecule has 2 fully saturated rings. The fourth-order valence-corrected chi connectivity index (χ4v) is 4.46. The maximum Gasteiger partial charge on any atom is 0.408 e. The number of hydrogen-bond acceptors (Lipinski definition) is 8. The second-order valence-corrected chi connectivity index (χ2v) is 9.85. The molecule has 1 saturated heterocycles. The molecule has 0 spiro atoms. The van der Waals surface area contributed by atoms with Crippen LogP contribution in [0.3, 0.4) is 0 Å². The predicted molar refractivity (Wildman–Crippen MR) is 125 cm³/mol. The van der Waals surface area contributed by atoms with Crippen LogP contribution >= 0.6 is 0 Å². The summed E-state index contributed by atoms with van der Waals surface area (Å²) in [5.41, 5.74) is 0.832. The molecule has 10 nitrogen and oxygen atoms in total. The standard InChI is InChI=1S/C23H29N7O3/c1-13-9-17(29-28-13)24-19-15-7-6-8-16(32-5)18(15)25-20(26-19)30-11-14-10-23(14,12-30)27-21(31)33-22(2,3)4/h6-9,14H,10-12H2,1-5H3,(H,27,31)(H2,24,25,26,28,29)/t14-,23-/m0/s1. The van der Waals surface area contributed by atoms with Crippen LogP contribution in [-0.4, -0.2) is 57.6 Å². The Hall–Kier alpha value is -3.56. The molecule has 3 aromatic rings. The molecule has 5 rings (SSSR count). The van der Waals surface area contributed by atoms with E-state index in [1.54, 1.807) is 7.11 Å². The highest BCUT2D eigenvalue weighted by Crippen LogP contribution is 2.50. The molecule has 2 aliphatic rings. The second-order valence-electron chi connectivity index (χ2n) is 9.85. The van der Waals surface area contributed by atoms with Gasteiger partial charge in [-0.2, -0.15) is 10.1 Å². The zero-order valence-electron chi connectivity index (χ0n) is 19.5. The number of H-pyrrole nitrogens is 1. The van der Waals surface area contributed by atoms with Crippen LogP contribution in [0.25, 0.3) is 10.9 Å². The van der Waals surface area contributed by atoms with Crippen molar-refractivity contribution in [1.82, 2.24) is 25.5 Å². The van der Waals surface area contributed by atoms with Crippen LogP contribution in [0.4, 0.5) is 22.4 Å². The van der Waals surface area contributed by atoms with Crippen LogP contribution in [0.5, 0.6) is 5.75 Å². The smallest absolute Gasteiger partial charge is 0.408 e. The Balaban J connectivity index is 1.44. The maximum absolute atomic E-state index is 12.4. The van der Waals surface area contributed by atoms with Gasteiger partial charge < -0.3 is 25.0 Å². The fourth-order valence-electron chi connectivity index (χ4n) is 4.46. The molecule has 2 aromatic heterocycles. The lowest BCUT2D eigenvalue weighted by molar-refractivity contribution is 0.0498. The van der Waals surface area contributed by atoms with Crippen molar-refractivity contribution in [3.05, 3.63) is 30.0 Å². The quantitative estimate of drug-likeness (QED) is 0.539. The summed E-state index contributed by atoms with van der Waals surface area (Å²) in [5, 5.41) is 14.4. The van der Waals surface area contributed by atoms with E-state index in [1.807, 2.05) is 52.0 Å². The first-order chi connectivity index (χ1) is 15.7. The molecule has 0 radical (unpaired) electrons. The highest BCUT2D eigenvalue weighted by molar-refractivity contribution is 5.95. The zero-order valence-corrected chi connectivity index (χ0v) is 19.5. The summed E-state index contributed by atoms with van der Waals surface area (Å²) in [4.78, 5) is 24.2. The van der Waals surface area contributed by atoms with E-state index in [4.69, 9.17) is 19.4 Å². The van der Waals surface area contributed by atoms with E-state index < -0.39 is 5.60 Å². The molecule has 1 aliphatic carbocycles. The van der Waals surface area contributed by atoms with Crippen molar-refractivity contribution >= 4 is 34.6 Å². The number of carbonyl (C=O) groups is 1. The molecule has 1 aliphatic heterocycles. The van der Waals surface area contributed by atoms with Gasteiger partial charge in [-0.25, -0.2) is 9.78 Å². The Morgan fingerprint density at radius 2 is 2.12 bits per heavy atom. The van der Waals surface area contributed by atoms with Crippen LogP contribution in [-0.2, 0) is 4.74 Å². The summed E-state index contributed by atoms with van der Waals surface area (Å²) >= 11 is 0. The van der Waals surface area contributed by atoms with Crippen LogP contribution in [0.1, 0.15) is 32.9 Å². The van der Waals surface area contributed by atoms with Crippen molar-refractivity contribution in [3.63, 3.8) is 0 Å². The third-order valence-corrected chi connectivity index (χ3v) is 6.03. The molecule has 3 heterocycles. The van der Waals surface area contributed by atoms with Gasteiger partial charge >= 0.3 is 6.09 Å². The molecule has 2 atom stereocenters. The van der Waals surface area contributed by atoms with E-state index in [0.717, 1.165) is 29.6 Å². The normalized spacial score (nSPS) is 21.6. The first-order valence-electron chi connectivity index (χ1n) is 11.1. The zero-order chi connectivity index (χ0) is 23.4. The van der Waals surface area contributed by atoms with Gasteiger partial charge in [0.1, 0.15) is 22.7 Å². The third kappa shape index (κ3) is 4.12. The Morgan fingerprint density at radius 3 is 2.82 bits per heavy atom. The number of hydrogen-bond donors (Lipinski definition) is 3. The number of aromatic nitrogens is 4. The van der Waals surface area contributed by atoms with E-state index in [9.17, 15) is 4.79 Å². The highest BCUT2D eigenvalue weighted by Gasteiger charge is 2.62. The number of aromatic amines is 1. The van der Waals surface area contributed by atoms with Crippen LogP contribution in [0.15, 0.2) is 24.3 Å². The molecule has 174 valence electrons. The van der Waals surface area contributed by atoms with Gasteiger partial charge in [0.25, 0.3) is 0 Å². The van der Waals surface area contributed by atoms with E-state index in [1.165, 1.54) is 0 Å². The number of benzene rings is 1. The van der Waals surface area contributed by atoms with Gasteiger partial charge in [-0.05, 0) is 46.2 Å². The molecular formula is C23H29N7O3. The monoisotopic (exact) mass is 451 g/mol. The summed E-state index contributed by atoms with van der Waals surface area (Å²) in [6.07, 6.45) is 0.543. The van der Waals surface area contributed by atoms with Crippen molar-refractivity contribution in [2.45, 2.75) is 45.3 Å². The Kier molecular flexibility index (Phi) is 4.84. The number of fused-ring (bicyclic) bond motifs is 2. The van der Waals surface area contributed by atoms with E-state index in [2.05, 4.69) is 25.7 Å². The lowest BCUT2D eigenvalue weighted by Gasteiger charge is -2.25. The molecule has 1 amide bonds. The first-order valence-corrected chi connectivity index (χ1v) is 11.1. The fraction of sp³-hybridized carbons (Fsp3) is 0.478. The summed E-state index contributed by atoms with van der Waals surface area (Å²) in [5.74, 6) is 2.92. The summed E-state index contributed by atoms with van der Waals surface area (Å²) in [7, 11) is 1.63. The van der Waals surface area contributed by atoms with Crippen molar-refractivity contribution in [1.29, 1.82) is 0 Å². The predicted octanol–water partition coefficient (Wildman–Crippen LogP) is 3.52. The van der Waals surface area contributed by atoms with Crippen molar-refractivity contribution < 1.29 is 14.3 Å². The molecule has 1 saturated carbocycles. The number of para-hydroxylation sites is 1. The molecule has 0 unspecified atom stereocenters. The summed E-state index contributed by atoms with van der Waals surface area (Å²) < 4.78 is 11.0. The summed E-state index contributed by atoms with van der Waals surface area (Å²) in [6, 6.07) is 7.67. The Bertz CT molecular complexity index is 1220. The molecular weight excluding hydrogens is 422 g/mol. The number of alkyl carbamates (subject to hydrolysis) is 1. The number of ether oxygens (including phenoxy) is 2. The average molecular weight is 452 g/mol. The minimum Gasteiger partial charge on any atom is -0.494 e. The van der Waals surface area contributed by atoms with E-state index in [-0.39, 0.29) is 11.6 Å². The topological polar surface area (TPSA) is 117 Å². The van der Waals surface area contributed by atoms with E-state index in [0.29, 0.717) is 35.8 Å². The minimum absolute atomic E-state index is 0.297. The van der Waals surface area contributed by atoms with Gasteiger partial charge in [-0.15, -0.1) is 0 Å². The molecule has 3 N–H and O–H groups in total. The number of nitrogens with zero attached hydrogens (tertiary/aromatic N) is 4. The molecule has 0 bridgehead atoms. The number of carbonyl (C=O) groups excluding carboxylic acids is 1.